The van der Waals surface area contributed by atoms with Crippen molar-refractivity contribution in [2.24, 2.45) is 0 Å². The van der Waals surface area contributed by atoms with Crippen molar-refractivity contribution in [2.45, 2.75) is 0 Å². The van der Waals surface area contributed by atoms with E-state index in [1.165, 1.54) is 10.8 Å². The van der Waals surface area contributed by atoms with Gasteiger partial charge in [0.25, 0.3) is 5.56 Å². The topological polar surface area (TPSA) is 65.8 Å². The first kappa shape index (κ1) is 16.5. The first-order chi connectivity index (χ1) is 13.7. The number of nitrogens with zero attached hydrogens (tertiary/aromatic N) is 4. The molecule has 136 valence electrons. The molecule has 0 saturated carbocycles. The predicted octanol–water partition coefficient (Wildman–Crippen LogP) is 4.48. The van der Waals surface area contributed by atoms with Gasteiger partial charge in [-0.3, -0.25) is 9.36 Å². The van der Waals surface area contributed by atoms with Crippen LogP contribution in [0, 0.1) is 0 Å². The van der Waals surface area contributed by atoms with Crippen LogP contribution in [0.5, 0.6) is 0 Å². The fraction of sp³-hybridized carbons (Fsp3) is 0. The second-order valence-electron chi connectivity index (χ2n) is 6.16. The van der Waals surface area contributed by atoms with Crippen LogP contribution >= 0.6 is 11.6 Å². The fourth-order valence-corrected chi connectivity index (χ4v) is 3.25. The number of fused-ring (bicyclic) bond motifs is 1. The molecule has 0 fully saturated rings. The van der Waals surface area contributed by atoms with E-state index in [0.29, 0.717) is 33.3 Å². The van der Waals surface area contributed by atoms with Crippen LogP contribution in [0.25, 0.3) is 34.0 Å². The monoisotopic (exact) mass is 388 g/mol. The lowest BCUT2D eigenvalue weighted by Crippen LogP contribution is -2.21. The first-order valence-electron chi connectivity index (χ1n) is 8.58. The highest BCUT2D eigenvalue weighted by Crippen LogP contribution is 2.24. The molecule has 6 nitrogen and oxygen atoms in total. The van der Waals surface area contributed by atoms with Crippen molar-refractivity contribution in [3.05, 3.63) is 94.6 Å². The molecule has 0 spiro atoms. The van der Waals surface area contributed by atoms with Crippen LogP contribution in [-0.2, 0) is 0 Å². The summed E-state index contributed by atoms with van der Waals surface area (Å²) in [6, 6.07) is 20.1. The van der Waals surface area contributed by atoms with Crippen molar-refractivity contribution in [3.63, 3.8) is 0 Å². The molecule has 0 aliphatic carbocycles. The minimum atomic E-state index is -0.235. The fourth-order valence-electron chi connectivity index (χ4n) is 3.13. The molecule has 0 aliphatic rings. The Morgan fingerprint density at radius 2 is 1.68 bits per heavy atom. The summed E-state index contributed by atoms with van der Waals surface area (Å²) in [5.41, 5.74) is 1.69. The number of aromatic nitrogens is 4. The van der Waals surface area contributed by atoms with Gasteiger partial charge in [0.2, 0.25) is 0 Å². The maximum atomic E-state index is 13.4. The predicted molar refractivity (Wildman–Crippen MR) is 107 cm³/mol. The first-order valence-corrected chi connectivity index (χ1v) is 8.96. The summed E-state index contributed by atoms with van der Waals surface area (Å²) in [7, 11) is 0. The summed E-state index contributed by atoms with van der Waals surface area (Å²) in [5, 5.41) is 5.38. The zero-order valence-corrected chi connectivity index (χ0v) is 15.2. The smallest absolute Gasteiger partial charge is 0.269 e. The van der Waals surface area contributed by atoms with Gasteiger partial charge in [-0.25, -0.2) is 9.67 Å². The molecule has 0 radical (unpaired) electrons. The van der Waals surface area contributed by atoms with E-state index in [9.17, 15) is 4.79 Å². The Kier molecular flexibility index (Phi) is 3.84. The Morgan fingerprint density at radius 1 is 0.893 bits per heavy atom. The summed E-state index contributed by atoms with van der Waals surface area (Å²) < 4.78 is 8.71. The summed E-state index contributed by atoms with van der Waals surface area (Å²) in [4.78, 5) is 18.1. The lowest BCUT2D eigenvalue weighted by atomic mass is 10.2. The number of hydrogen-bond donors (Lipinski definition) is 0. The summed E-state index contributed by atoms with van der Waals surface area (Å²) in [6.07, 6.45) is 3.09. The molecule has 0 N–H and O–H groups in total. The van der Waals surface area contributed by atoms with Gasteiger partial charge in [-0.15, -0.1) is 0 Å². The molecule has 0 amide bonds. The van der Waals surface area contributed by atoms with Crippen LogP contribution in [0.1, 0.15) is 0 Å². The van der Waals surface area contributed by atoms with Gasteiger partial charge in [0, 0.05) is 5.02 Å². The van der Waals surface area contributed by atoms with Gasteiger partial charge in [0.15, 0.2) is 17.2 Å². The van der Waals surface area contributed by atoms with E-state index in [2.05, 4.69) is 5.10 Å². The Morgan fingerprint density at radius 3 is 2.39 bits per heavy atom. The zero-order chi connectivity index (χ0) is 19.1. The Bertz CT molecular complexity index is 1320. The van der Waals surface area contributed by atoms with Gasteiger partial charge in [0.1, 0.15) is 5.39 Å². The minimum Gasteiger partial charge on any atom is -0.461 e. The van der Waals surface area contributed by atoms with Crippen molar-refractivity contribution in [3.8, 4) is 23.0 Å². The molecule has 0 unspecified atom stereocenters. The van der Waals surface area contributed by atoms with Crippen LogP contribution in [0.2, 0.25) is 5.02 Å². The van der Waals surface area contributed by atoms with Gasteiger partial charge in [-0.2, -0.15) is 5.10 Å². The lowest BCUT2D eigenvalue weighted by molar-refractivity contribution is 0.574. The van der Waals surface area contributed by atoms with Crippen molar-refractivity contribution in [1.29, 1.82) is 0 Å². The van der Waals surface area contributed by atoms with E-state index < -0.39 is 0 Å². The van der Waals surface area contributed by atoms with E-state index in [-0.39, 0.29) is 5.56 Å². The van der Waals surface area contributed by atoms with Crippen LogP contribution in [-0.4, -0.2) is 19.3 Å². The summed E-state index contributed by atoms with van der Waals surface area (Å²) >= 11 is 6.01. The quantitative estimate of drug-likeness (QED) is 0.457. The Labute approximate surface area is 164 Å². The van der Waals surface area contributed by atoms with Crippen LogP contribution < -0.4 is 5.56 Å². The normalized spacial score (nSPS) is 11.2. The molecule has 3 aromatic heterocycles. The summed E-state index contributed by atoms with van der Waals surface area (Å²) in [5.74, 6) is 0.872. The molecule has 0 aliphatic heterocycles. The minimum absolute atomic E-state index is 0.235. The Hall–Kier alpha value is -3.64. The SMILES string of the molecule is O=c1c2cnn(-c3ccccc3)c2nc(-c2ccco2)n1-c1ccc(Cl)cc1. The van der Waals surface area contributed by atoms with Crippen LogP contribution in [0.15, 0.2) is 88.4 Å². The highest BCUT2D eigenvalue weighted by Gasteiger charge is 2.19. The van der Waals surface area contributed by atoms with E-state index in [1.54, 1.807) is 47.3 Å². The van der Waals surface area contributed by atoms with Crippen molar-refractivity contribution < 1.29 is 4.42 Å². The third-order valence-corrected chi connectivity index (χ3v) is 4.68. The second-order valence-corrected chi connectivity index (χ2v) is 6.60. The molecule has 7 heteroatoms. The van der Waals surface area contributed by atoms with E-state index in [4.69, 9.17) is 21.0 Å². The Balaban J connectivity index is 1.85. The molecule has 28 heavy (non-hydrogen) atoms. The molecule has 0 bridgehead atoms. The molecule has 0 saturated heterocycles. The van der Waals surface area contributed by atoms with E-state index >= 15 is 0 Å². The van der Waals surface area contributed by atoms with Crippen molar-refractivity contribution in [2.75, 3.05) is 0 Å². The molecular formula is C21H13ClN4O2. The number of halogens is 1. The number of benzene rings is 2. The zero-order valence-electron chi connectivity index (χ0n) is 14.5. The average molecular weight is 389 g/mol. The number of furan rings is 1. The third kappa shape index (κ3) is 2.62. The highest BCUT2D eigenvalue weighted by atomic mass is 35.5. The number of hydrogen-bond acceptors (Lipinski definition) is 4. The molecule has 2 aromatic carbocycles. The average Bonchev–Trinajstić information content (AvgIpc) is 3.39. The summed E-state index contributed by atoms with van der Waals surface area (Å²) in [6.45, 7) is 0. The van der Waals surface area contributed by atoms with Gasteiger partial charge in [0.05, 0.1) is 23.8 Å². The van der Waals surface area contributed by atoms with Gasteiger partial charge in [-0.1, -0.05) is 29.8 Å². The van der Waals surface area contributed by atoms with Gasteiger partial charge in [-0.05, 0) is 48.5 Å². The molecule has 5 rings (SSSR count). The highest BCUT2D eigenvalue weighted by molar-refractivity contribution is 6.30. The molecule has 3 heterocycles. The molecule has 0 atom stereocenters. The number of para-hydroxylation sites is 1. The van der Waals surface area contributed by atoms with E-state index in [0.717, 1.165) is 5.69 Å². The van der Waals surface area contributed by atoms with Gasteiger partial charge >= 0.3 is 0 Å². The molecule has 5 aromatic rings. The van der Waals surface area contributed by atoms with Crippen LogP contribution in [0.4, 0.5) is 0 Å². The van der Waals surface area contributed by atoms with E-state index in [1.807, 2.05) is 30.3 Å². The molecular weight excluding hydrogens is 376 g/mol. The largest absolute Gasteiger partial charge is 0.461 e. The maximum absolute atomic E-state index is 13.4. The van der Waals surface area contributed by atoms with Crippen LogP contribution in [0.3, 0.4) is 0 Å². The van der Waals surface area contributed by atoms with Crippen molar-refractivity contribution >= 4 is 22.6 Å². The number of rotatable bonds is 3. The van der Waals surface area contributed by atoms with Crippen molar-refractivity contribution in [1.82, 2.24) is 19.3 Å². The van der Waals surface area contributed by atoms with Gasteiger partial charge < -0.3 is 4.42 Å². The lowest BCUT2D eigenvalue weighted by Gasteiger charge is -2.12. The standard InChI is InChI=1S/C21H13ClN4O2/c22-14-8-10-15(11-9-14)25-20(18-7-4-12-28-18)24-19-17(21(25)27)13-23-26(19)16-5-2-1-3-6-16/h1-13H. The third-order valence-electron chi connectivity index (χ3n) is 4.43. The second kappa shape index (κ2) is 6.51. The maximum Gasteiger partial charge on any atom is 0.269 e.